The van der Waals surface area contributed by atoms with Gasteiger partial charge < -0.3 is 19.0 Å². The summed E-state index contributed by atoms with van der Waals surface area (Å²) in [7, 11) is -2.01. The molecule has 0 amide bonds. The largest absolute Gasteiger partial charge is 0.509 e. The fraction of sp³-hybridized carbons (Fsp3) is 0.577. The van der Waals surface area contributed by atoms with E-state index in [0.717, 1.165) is 46.0 Å². The lowest BCUT2D eigenvalue weighted by Gasteiger charge is -2.53. The van der Waals surface area contributed by atoms with Crippen LogP contribution in [0.15, 0.2) is 47.6 Å². The molecule has 2 aliphatic carbocycles. The Morgan fingerprint density at radius 1 is 1.16 bits per heavy atom. The van der Waals surface area contributed by atoms with Crippen LogP contribution in [0.5, 0.6) is 0 Å². The first-order valence-electron chi connectivity index (χ1n) is 11.8. The molecule has 5 nitrogen and oxygen atoms in total. The molecule has 0 radical (unpaired) electrons. The Balaban J connectivity index is 2.02. The Morgan fingerprint density at radius 3 is 2.34 bits per heavy atom. The van der Waals surface area contributed by atoms with E-state index in [0.29, 0.717) is 0 Å². The van der Waals surface area contributed by atoms with Gasteiger partial charge in [0.25, 0.3) is 0 Å². The summed E-state index contributed by atoms with van der Waals surface area (Å²) in [6.07, 6.45) is -2.13. The van der Waals surface area contributed by atoms with Crippen LogP contribution >= 0.6 is 0 Å². The van der Waals surface area contributed by atoms with Crippen molar-refractivity contribution in [3.63, 3.8) is 0 Å². The molecule has 1 saturated heterocycles. The van der Waals surface area contributed by atoms with E-state index in [1.807, 2.05) is 25.1 Å². The van der Waals surface area contributed by atoms with Gasteiger partial charge in [-0.2, -0.15) is 0 Å². The standard InChI is InChI=1S/C26H36O5Si/c1-8-32(9-2,10-3)31-22-17(5)21-16(4)20(27)15-26(25(21,6)7)23(29-24(28)30-26)19-14-12-11-13-18(19)22/h11-14,20,22-23,27H,5,8-10,15H2,1-4,6-7H3/t20-,22-,23+,26-/m1/s1. The van der Waals surface area contributed by atoms with E-state index in [2.05, 4.69) is 47.3 Å². The highest BCUT2D eigenvalue weighted by molar-refractivity contribution is 6.73. The summed E-state index contributed by atoms with van der Waals surface area (Å²) >= 11 is 0. The second kappa shape index (κ2) is 7.85. The van der Waals surface area contributed by atoms with Gasteiger partial charge in [0.1, 0.15) is 0 Å². The topological polar surface area (TPSA) is 65.0 Å². The quantitative estimate of drug-likeness (QED) is 0.412. The van der Waals surface area contributed by atoms with E-state index in [1.165, 1.54) is 0 Å². The first-order chi connectivity index (χ1) is 15.1. The summed E-state index contributed by atoms with van der Waals surface area (Å²) in [4.78, 5) is 12.6. The minimum absolute atomic E-state index is 0.288. The molecule has 3 aliphatic rings. The van der Waals surface area contributed by atoms with Crippen molar-refractivity contribution >= 4 is 14.5 Å². The number of hydrogen-bond donors (Lipinski definition) is 1. The lowest BCUT2D eigenvalue weighted by Crippen LogP contribution is -2.56. The molecule has 6 heteroatoms. The van der Waals surface area contributed by atoms with E-state index in [1.54, 1.807) is 0 Å². The average molecular weight is 457 g/mol. The van der Waals surface area contributed by atoms with E-state index >= 15 is 0 Å². The molecular weight excluding hydrogens is 420 g/mol. The summed E-state index contributed by atoms with van der Waals surface area (Å²) in [5, 5.41) is 11.1. The molecule has 4 rings (SSSR count). The smallest absolute Gasteiger partial charge is 0.422 e. The molecule has 0 aromatic heterocycles. The van der Waals surface area contributed by atoms with Gasteiger partial charge in [0.05, 0.1) is 12.2 Å². The first kappa shape index (κ1) is 23.3. The van der Waals surface area contributed by atoms with Crippen molar-refractivity contribution < 1.29 is 23.8 Å². The SMILES string of the molecule is C=C1C2=C(C)[C@H](O)C[C@]3(OC(=O)O[C@H]3c3ccccc3[C@@H]1O[Si](CC)(CC)CC)C2(C)C. The molecule has 1 aromatic carbocycles. The van der Waals surface area contributed by atoms with Crippen molar-refractivity contribution in [2.24, 2.45) is 5.41 Å². The molecule has 174 valence electrons. The van der Waals surface area contributed by atoms with Crippen molar-refractivity contribution in [2.75, 3.05) is 0 Å². The van der Waals surface area contributed by atoms with Gasteiger partial charge >= 0.3 is 6.16 Å². The van der Waals surface area contributed by atoms with Gasteiger partial charge in [-0.3, -0.25) is 0 Å². The van der Waals surface area contributed by atoms with Crippen LogP contribution in [0.1, 0.15) is 71.3 Å². The summed E-state index contributed by atoms with van der Waals surface area (Å²) in [5.74, 6) is 0. The normalized spacial score (nSPS) is 31.3. The predicted molar refractivity (Wildman–Crippen MR) is 127 cm³/mol. The summed E-state index contributed by atoms with van der Waals surface area (Å²) < 4.78 is 18.9. The number of carbonyl (C=O) groups excluding carboxylic acids is 1. The molecule has 0 saturated carbocycles. The van der Waals surface area contributed by atoms with Gasteiger partial charge in [-0.25, -0.2) is 4.79 Å². The highest BCUT2D eigenvalue weighted by Gasteiger charge is 2.66. The third-order valence-corrected chi connectivity index (χ3v) is 13.1. The van der Waals surface area contributed by atoms with Gasteiger partial charge in [-0.15, -0.1) is 0 Å². The van der Waals surface area contributed by atoms with Crippen molar-refractivity contribution in [3.8, 4) is 0 Å². The number of carbonyl (C=O) groups is 1. The fourth-order valence-corrected chi connectivity index (χ4v) is 9.02. The highest BCUT2D eigenvalue weighted by Crippen LogP contribution is 2.63. The van der Waals surface area contributed by atoms with Crippen LogP contribution < -0.4 is 0 Å². The lowest BCUT2D eigenvalue weighted by molar-refractivity contribution is -0.0935. The molecule has 1 N–H and O–H groups in total. The average Bonchev–Trinajstić information content (AvgIpc) is 3.10. The highest BCUT2D eigenvalue weighted by atomic mass is 28.4. The van der Waals surface area contributed by atoms with Crippen LogP contribution in [0.25, 0.3) is 0 Å². The van der Waals surface area contributed by atoms with Gasteiger partial charge in [0.2, 0.25) is 0 Å². The van der Waals surface area contributed by atoms with Crippen LogP contribution in [-0.4, -0.2) is 31.3 Å². The second-order valence-corrected chi connectivity index (χ2v) is 14.8. The molecule has 32 heavy (non-hydrogen) atoms. The second-order valence-electron chi connectivity index (χ2n) is 10.0. The zero-order valence-corrected chi connectivity index (χ0v) is 21.2. The van der Waals surface area contributed by atoms with Crippen LogP contribution in [-0.2, 0) is 13.9 Å². The molecule has 1 aromatic rings. The number of hydrogen-bond acceptors (Lipinski definition) is 5. The van der Waals surface area contributed by atoms with E-state index in [9.17, 15) is 9.90 Å². The van der Waals surface area contributed by atoms with Crippen LogP contribution in [0.2, 0.25) is 18.1 Å². The third-order valence-electron chi connectivity index (χ3n) is 8.48. The molecule has 4 atom stereocenters. The van der Waals surface area contributed by atoms with Gasteiger partial charge in [-0.05, 0) is 47.3 Å². The van der Waals surface area contributed by atoms with Crippen molar-refractivity contribution in [1.82, 2.24) is 0 Å². The number of aliphatic hydroxyl groups is 1. The van der Waals surface area contributed by atoms with Crippen molar-refractivity contribution in [2.45, 2.75) is 90.0 Å². The molecule has 1 fully saturated rings. The summed E-state index contributed by atoms with van der Waals surface area (Å²) in [6.45, 7) is 17.3. The Kier molecular flexibility index (Phi) is 5.71. The maximum atomic E-state index is 12.6. The molecule has 1 spiro atoms. The molecule has 1 heterocycles. The van der Waals surface area contributed by atoms with Gasteiger partial charge in [-0.1, -0.05) is 65.5 Å². The Labute approximate surface area is 192 Å². The molecule has 0 unspecified atom stereocenters. The maximum absolute atomic E-state index is 12.6. The number of benzene rings is 1. The number of fused-ring (bicyclic) bond motifs is 3. The van der Waals surface area contributed by atoms with Crippen LogP contribution in [0.4, 0.5) is 4.79 Å². The fourth-order valence-electron chi connectivity index (χ4n) is 6.25. The minimum atomic E-state index is -2.01. The number of rotatable bonds is 5. The lowest BCUT2D eigenvalue weighted by atomic mass is 9.55. The number of aliphatic hydroxyl groups excluding tert-OH is 1. The van der Waals surface area contributed by atoms with E-state index in [4.69, 9.17) is 13.9 Å². The first-order valence-corrected chi connectivity index (χ1v) is 14.3. The molecular formula is C26H36O5Si. The number of ether oxygens (including phenoxy) is 2. The Hall–Kier alpha value is -1.89. The Bertz CT molecular complexity index is 968. The van der Waals surface area contributed by atoms with Crippen LogP contribution in [0.3, 0.4) is 0 Å². The van der Waals surface area contributed by atoms with Crippen LogP contribution in [0, 0.1) is 5.41 Å². The summed E-state index contributed by atoms with van der Waals surface area (Å²) in [6, 6.07) is 11.1. The minimum Gasteiger partial charge on any atom is -0.422 e. The van der Waals surface area contributed by atoms with Gasteiger partial charge in [0, 0.05) is 17.4 Å². The summed E-state index contributed by atoms with van der Waals surface area (Å²) in [5.41, 5.74) is 2.89. The zero-order chi connectivity index (χ0) is 23.5. The zero-order valence-electron chi connectivity index (χ0n) is 20.2. The Morgan fingerprint density at radius 2 is 1.75 bits per heavy atom. The van der Waals surface area contributed by atoms with E-state index < -0.39 is 37.7 Å². The van der Waals surface area contributed by atoms with Gasteiger partial charge in [0.15, 0.2) is 20.0 Å². The van der Waals surface area contributed by atoms with Crippen molar-refractivity contribution in [1.29, 1.82) is 0 Å². The molecule has 1 aliphatic heterocycles. The molecule has 2 bridgehead atoms. The maximum Gasteiger partial charge on any atom is 0.509 e. The monoisotopic (exact) mass is 456 g/mol. The predicted octanol–water partition coefficient (Wildman–Crippen LogP) is 6.37. The van der Waals surface area contributed by atoms with E-state index in [-0.39, 0.29) is 12.5 Å². The van der Waals surface area contributed by atoms with Crippen molar-refractivity contribution in [3.05, 3.63) is 58.7 Å². The third kappa shape index (κ3) is 3.06.